The molecule has 0 saturated carbocycles. The fourth-order valence-corrected chi connectivity index (χ4v) is 1.93. The van der Waals surface area contributed by atoms with Gasteiger partial charge in [0.05, 0.1) is 23.6 Å². The topological polar surface area (TPSA) is 47.1 Å². The number of halogens is 1. The van der Waals surface area contributed by atoms with Crippen LogP contribution >= 0.6 is 0 Å². The first kappa shape index (κ1) is 9.45. The maximum Gasteiger partial charge on any atom is 0.136 e. The third-order valence-electron chi connectivity index (χ3n) is 2.80. The van der Waals surface area contributed by atoms with Crippen LogP contribution in [0.2, 0.25) is 0 Å². The van der Waals surface area contributed by atoms with E-state index in [9.17, 15) is 4.39 Å². The fourth-order valence-electron chi connectivity index (χ4n) is 1.93. The summed E-state index contributed by atoms with van der Waals surface area (Å²) in [5, 5.41) is 4.11. The average Bonchev–Trinajstić information content (AvgIpc) is 2.59. The number of hydrogen-bond acceptors (Lipinski definition) is 3. The lowest BCUT2D eigenvalue weighted by atomic mass is 10.2. The Labute approximate surface area is 82.5 Å². The van der Waals surface area contributed by atoms with Crippen molar-refractivity contribution >= 4 is 5.69 Å². The molecule has 1 aromatic heterocycles. The first-order valence-corrected chi connectivity index (χ1v) is 4.72. The minimum absolute atomic E-state index is 0.183. The smallest absolute Gasteiger partial charge is 0.136 e. The Balaban J connectivity index is 2.27. The molecule has 2 unspecified atom stereocenters. The van der Waals surface area contributed by atoms with E-state index in [2.05, 4.69) is 5.10 Å². The van der Waals surface area contributed by atoms with Crippen molar-refractivity contribution in [2.75, 3.05) is 25.9 Å². The lowest BCUT2D eigenvalue weighted by Gasteiger charge is -2.14. The minimum Gasteiger partial charge on any atom is -0.396 e. The van der Waals surface area contributed by atoms with Crippen LogP contribution in [-0.2, 0) is 0 Å². The van der Waals surface area contributed by atoms with Crippen LogP contribution in [0.25, 0.3) is 0 Å². The number of nitrogens with zero attached hydrogens (tertiary/aromatic N) is 3. The molecule has 1 aromatic rings. The molecule has 14 heavy (non-hydrogen) atoms. The van der Waals surface area contributed by atoms with E-state index in [0.29, 0.717) is 18.8 Å². The van der Waals surface area contributed by atoms with Crippen LogP contribution in [-0.4, -0.2) is 41.0 Å². The summed E-state index contributed by atoms with van der Waals surface area (Å²) >= 11 is 0. The highest BCUT2D eigenvalue weighted by atomic mass is 19.1. The Morgan fingerprint density at radius 2 is 2.29 bits per heavy atom. The normalized spacial score (nSPS) is 28.5. The van der Waals surface area contributed by atoms with Gasteiger partial charge in [-0.25, -0.2) is 4.39 Å². The van der Waals surface area contributed by atoms with Crippen LogP contribution in [0.15, 0.2) is 6.20 Å². The van der Waals surface area contributed by atoms with E-state index < -0.39 is 6.17 Å². The molecule has 0 amide bonds. The molecule has 0 aliphatic carbocycles. The molecule has 5 heteroatoms. The van der Waals surface area contributed by atoms with Gasteiger partial charge in [-0.15, -0.1) is 0 Å². The maximum absolute atomic E-state index is 13.6. The van der Waals surface area contributed by atoms with Gasteiger partial charge in [-0.3, -0.25) is 4.68 Å². The number of nitrogens with two attached hydrogens (primary N) is 1. The molecule has 2 rings (SSSR count). The van der Waals surface area contributed by atoms with Gasteiger partial charge < -0.3 is 10.6 Å². The van der Waals surface area contributed by atoms with Gasteiger partial charge in [-0.05, 0) is 14.0 Å². The number of alkyl halides is 1. The van der Waals surface area contributed by atoms with Crippen molar-refractivity contribution in [1.82, 2.24) is 14.7 Å². The summed E-state index contributed by atoms with van der Waals surface area (Å²) in [4.78, 5) is 1.96. The standard InChI is InChI=1S/C9H15FN4/c1-6-8(11)3-12-14(6)9-5-13(2)4-7(9)10/h3,7,9H,4-5,11H2,1-2H3. The highest BCUT2D eigenvalue weighted by Gasteiger charge is 2.33. The number of likely N-dealkylation sites (tertiary alicyclic amines) is 1. The zero-order valence-corrected chi connectivity index (χ0v) is 8.44. The van der Waals surface area contributed by atoms with E-state index in [-0.39, 0.29) is 6.04 Å². The SMILES string of the molecule is Cc1c(N)cnn1C1CN(C)CC1F. The van der Waals surface area contributed by atoms with Crippen LogP contribution in [0, 0.1) is 6.92 Å². The molecule has 4 nitrogen and oxygen atoms in total. The van der Waals surface area contributed by atoms with Crippen LogP contribution in [0.4, 0.5) is 10.1 Å². The lowest BCUT2D eigenvalue weighted by molar-refractivity contribution is 0.265. The zero-order valence-electron chi connectivity index (χ0n) is 8.44. The van der Waals surface area contributed by atoms with Gasteiger partial charge in [0.1, 0.15) is 6.17 Å². The summed E-state index contributed by atoms with van der Waals surface area (Å²) in [5.41, 5.74) is 7.15. The second-order valence-corrected chi connectivity index (χ2v) is 3.93. The van der Waals surface area contributed by atoms with Gasteiger partial charge >= 0.3 is 0 Å². The zero-order chi connectivity index (χ0) is 10.3. The molecule has 0 aromatic carbocycles. The Bertz CT molecular complexity index is 336. The molecule has 0 spiro atoms. The van der Waals surface area contributed by atoms with Crippen molar-refractivity contribution < 1.29 is 4.39 Å². The van der Waals surface area contributed by atoms with Gasteiger partial charge in [0.2, 0.25) is 0 Å². The second-order valence-electron chi connectivity index (χ2n) is 3.93. The molecular weight excluding hydrogens is 183 g/mol. The van der Waals surface area contributed by atoms with E-state index in [0.717, 1.165) is 5.69 Å². The van der Waals surface area contributed by atoms with Crippen LogP contribution in [0.3, 0.4) is 0 Å². The Hall–Kier alpha value is -1.10. The summed E-state index contributed by atoms with van der Waals surface area (Å²) in [6, 6.07) is -0.183. The minimum atomic E-state index is -0.849. The molecule has 0 bridgehead atoms. The van der Waals surface area contributed by atoms with E-state index in [1.165, 1.54) is 0 Å². The first-order chi connectivity index (χ1) is 6.59. The van der Waals surface area contributed by atoms with Crippen LogP contribution in [0.5, 0.6) is 0 Å². The third-order valence-corrected chi connectivity index (χ3v) is 2.80. The number of hydrogen-bond donors (Lipinski definition) is 1. The molecule has 1 fully saturated rings. The Morgan fingerprint density at radius 1 is 1.57 bits per heavy atom. The van der Waals surface area contributed by atoms with Crippen LogP contribution < -0.4 is 5.73 Å². The molecular formula is C9H15FN4. The molecule has 78 valence electrons. The first-order valence-electron chi connectivity index (χ1n) is 4.72. The van der Waals surface area contributed by atoms with Gasteiger partial charge in [0.15, 0.2) is 0 Å². The van der Waals surface area contributed by atoms with Crippen molar-refractivity contribution in [1.29, 1.82) is 0 Å². The van der Waals surface area contributed by atoms with E-state index in [4.69, 9.17) is 5.73 Å². The molecule has 1 saturated heterocycles. The number of rotatable bonds is 1. The predicted octanol–water partition coefficient (Wildman–Crippen LogP) is 0.598. The summed E-state index contributed by atoms with van der Waals surface area (Å²) in [5.74, 6) is 0. The van der Waals surface area contributed by atoms with E-state index in [1.54, 1.807) is 10.9 Å². The molecule has 0 radical (unpaired) electrons. The predicted molar refractivity (Wildman–Crippen MR) is 52.8 cm³/mol. The summed E-state index contributed by atoms with van der Waals surface area (Å²) in [7, 11) is 1.91. The quantitative estimate of drug-likeness (QED) is 0.718. The summed E-state index contributed by atoms with van der Waals surface area (Å²) in [6.45, 7) is 3.04. The van der Waals surface area contributed by atoms with Crippen molar-refractivity contribution in [3.63, 3.8) is 0 Å². The fraction of sp³-hybridized carbons (Fsp3) is 0.667. The summed E-state index contributed by atoms with van der Waals surface area (Å²) < 4.78 is 15.3. The van der Waals surface area contributed by atoms with Crippen LogP contribution in [0.1, 0.15) is 11.7 Å². The van der Waals surface area contributed by atoms with E-state index >= 15 is 0 Å². The Morgan fingerprint density at radius 3 is 2.71 bits per heavy atom. The largest absolute Gasteiger partial charge is 0.396 e. The summed E-state index contributed by atoms with van der Waals surface area (Å²) in [6.07, 6.45) is 0.735. The van der Waals surface area contributed by atoms with Crippen molar-refractivity contribution in [3.05, 3.63) is 11.9 Å². The van der Waals surface area contributed by atoms with Gasteiger partial charge in [0, 0.05) is 13.1 Å². The monoisotopic (exact) mass is 198 g/mol. The average molecular weight is 198 g/mol. The maximum atomic E-state index is 13.6. The van der Waals surface area contributed by atoms with Gasteiger partial charge in [0.25, 0.3) is 0 Å². The van der Waals surface area contributed by atoms with E-state index in [1.807, 2.05) is 18.9 Å². The molecule has 2 N–H and O–H groups in total. The highest BCUT2D eigenvalue weighted by molar-refractivity contribution is 5.40. The van der Waals surface area contributed by atoms with Gasteiger partial charge in [-0.1, -0.05) is 0 Å². The third kappa shape index (κ3) is 1.37. The molecule has 2 heterocycles. The molecule has 1 aliphatic heterocycles. The number of likely N-dealkylation sites (N-methyl/N-ethyl adjacent to an activating group) is 1. The Kier molecular flexibility index (Phi) is 2.19. The number of nitrogen functional groups attached to an aromatic ring is 1. The number of anilines is 1. The number of aromatic nitrogens is 2. The van der Waals surface area contributed by atoms with Crippen molar-refractivity contribution in [3.8, 4) is 0 Å². The van der Waals surface area contributed by atoms with Gasteiger partial charge in [-0.2, -0.15) is 5.10 Å². The molecule has 2 atom stereocenters. The highest BCUT2D eigenvalue weighted by Crippen LogP contribution is 2.25. The lowest BCUT2D eigenvalue weighted by Crippen LogP contribution is -2.21. The van der Waals surface area contributed by atoms with Crippen molar-refractivity contribution in [2.24, 2.45) is 0 Å². The second kappa shape index (κ2) is 3.24. The molecule has 1 aliphatic rings. The van der Waals surface area contributed by atoms with Crippen molar-refractivity contribution in [2.45, 2.75) is 19.1 Å².